The standard InChI is InChI=1S/C11H17N3O3S/c1-8(15)14-5-3-4-9(7-14)11-10(6-12-13-11)18(2,16)17/h6,9H,3-5,7H2,1-2H3,(H,12,13). The van der Waals surface area contributed by atoms with Gasteiger partial charge in [0.1, 0.15) is 4.90 Å². The molecule has 0 aromatic carbocycles. The third-order valence-corrected chi connectivity index (χ3v) is 4.43. The van der Waals surface area contributed by atoms with Gasteiger partial charge in [-0.1, -0.05) is 0 Å². The van der Waals surface area contributed by atoms with Crippen LogP contribution in [0.15, 0.2) is 11.1 Å². The van der Waals surface area contributed by atoms with Crippen LogP contribution in [-0.4, -0.2) is 48.8 Å². The normalized spacial score (nSPS) is 21.0. The van der Waals surface area contributed by atoms with Gasteiger partial charge in [-0.15, -0.1) is 0 Å². The number of rotatable bonds is 2. The fourth-order valence-corrected chi connectivity index (χ4v) is 3.23. The van der Waals surface area contributed by atoms with Gasteiger partial charge in [0, 0.05) is 32.2 Å². The first-order chi connectivity index (χ1) is 8.39. The van der Waals surface area contributed by atoms with Crippen LogP contribution in [-0.2, 0) is 14.6 Å². The Kier molecular flexibility index (Phi) is 3.43. The third-order valence-electron chi connectivity index (χ3n) is 3.31. The van der Waals surface area contributed by atoms with Crippen molar-refractivity contribution in [3.63, 3.8) is 0 Å². The lowest BCUT2D eigenvalue weighted by atomic mass is 9.95. The number of likely N-dealkylation sites (tertiary alicyclic amines) is 1. The molecule has 1 aromatic heterocycles. The fraction of sp³-hybridized carbons (Fsp3) is 0.636. The van der Waals surface area contributed by atoms with Crippen LogP contribution in [0.5, 0.6) is 0 Å². The second-order valence-electron chi connectivity index (χ2n) is 4.72. The summed E-state index contributed by atoms with van der Waals surface area (Å²) >= 11 is 0. The maximum Gasteiger partial charge on any atom is 0.219 e. The van der Waals surface area contributed by atoms with E-state index in [1.54, 1.807) is 4.90 Å². The van der Waals surface area contributed by atoms with Gasteiger partial charge in [0.25, 0.3) is 0 Å². The quantitative estimate of drug-likeness (QED) is 0.851. The number of hydrogen-bond donors (Lipinski definition) is 1. The SMILES string of the molecule is CC(=O)N1CCCC(c2[nH]ncc2S(C)(=O)=O)C1. The Morgan fingerprint density at radius 1 is 1.56 bits per heavy atom. The molecule has 1 aliphatic heterocycles. The van der Waals surface area contributed by atoms with Crippen molar-refractivity contribution in [2.45, 2.75) is 30.6 Å². The van der Waals surface area contributed by atoms with E-state index in [1.807, 2.05) is 0 Å². The number of carbonyl (C=O) groups excluding carboxylic acids is 1. The minimum absolute atomic E-state index is 0.0230. The maximum absolute atomic E-state index is 11.6. The molecule has 1 atom stereocenters. The lowest BCUT2D eigenvalue weighted by Gasteiger charge is -2.31. The van der Waals surface area contributed by atoms with E-state index in [0.717, 1.165) is 19.4 Å². The summed E-state index contributed by atoms with van der Waals surface area (Å²) in [7, 11) is -3.27. The summed E-state index contributed by atoms with van der Waals surface area (Å²) in [5.74, 6) is 0.0509. The monoisotopic (exact) mass is 271 g/mol. The summed E-state index contributed by atoms with van der Waals surface area (Å²) < 4.78 is 23.3. The van der Waals surface area contributed by atoms with Gasteiger partial charge in [-0.3, -0.25) is 9.89 Å². The molecule has 0 saturated carbocycles. The van der Waals surface area contributed by atoms with Crippen LogP contribution in [0.1, 0.15) is 31.4 Å². The molecule has 1 N–H and O–H groups in total. The third kappa shape index (κ3) is 2.55. The van der Waals surface area contributed by atoms with E-state index in [-0.39, 0.29) is 16.7 Å². The van der Waals surface area contributed by atoms with Crippen LogP contribution < -0.4 is 0 Å². The van der Waals surface area contributed by atoms with Crippen molar-refractivity contribution in [2.75, 3.05) is 19.3 Å². The molecule has 1 aromatic rings. The number of nitrogens with zero attached hydrogens (tertiary/aromatic N) is 2. The van der Waals surface area contributed by atoms with Gasteiger partial charge in [0.15, 0.2) is 9.84 Å². The fourth-order valence-electron chi connectivity index (χ4n) is 2.37. The van der Waals surface area contributed by atoms with E-state index >= 15 is 0 Å². The highest BCUT2D eigenvalue weighted by Gasteiger charge is 2.28. The Bertz CT molecular complexity index is 550. The van der Waals surface area contributed by atoms with E-state index in [9.17, 15) is 13.2 Å². The number of aromatic amines is 1. The molecule has 2 rings (SSSR count). The second-order valence-corrected chi connectivity index (χ2v) is 6.71. The number of nitrogens with one attached hydrogen (secondary N) is 1. The zero-order chi connectivity index (χ0) is 13.3. The number of piperidine rings is 1. The first-order valence-corrected chi connectivity index (χ1v) is 7.77. The average Bonchev–Trinajstić information content (AvgIpc) is 2.77. The summed E-state index contributed by atoms with van der Waals surface area (Å²) in [6.45, 7) is 2.83. The van der Waals surface area contributed by atoms with Crippen LogP contribution >= 0.6 is 0 Å². The molecule has 7 heteroatoms. The van der Waals surface area contributed by atoms with Crippen molar-refractivity contribution in [2.24, 2.45) is 0 Å². The average molecular weight is 271 g/mol. The molecule has 100 valence electrons. The van der Waals surface area contributed by atoms with Crippen LogP contribution in [0.4, 0.5) is 0 Å². The number of sulfone groups is 1. The van der Waals surface area contributed by atoms with Crippen LogP contribution in [0.3, 0.4) is 0 Å². The molecule has 1 aliphatic rings. The largest absolute Gasteiger partial charge is 0.342 e. The maximum atomic E-state index is 11.6. The molecular weight excluding hydrogens is 254 g/mol. The Balaban J connectivity index is 2.27. The number of amides is 1. The van der Waals surface area contributed by atoms with Crippen molar-refractivity contribution in [1.29, 1.82) is 0 Å². The van der Waals surface area contributed by atoms with E-state index < -0.39 is 9.84 Å². The highest BCUT2D eigenvalue weighted by atomic mass is 32.2. The van der Waals surface area contributed by atoms with E-state index in [4.69, 9.17) is 0 Å². The van der Waals surface area contributed by atoms with E-state index in [0.29, 0.717) is 12.2 Å². The minimum Gasteiger partial charge on any atom is -0.342 e. The van der Waals surface area contributed by atoms with Crippen molar-refractivity contribution in [3.05, 3.63) is 11.9 Å². The van der Waals surface area contributed by atoms with Crippen molar-refractivity contribution < 1.29 is 13.2 Å². The summed E-state index contributed by atoms with van der Waals surface area (Å²) in [6, 6.07) is 0. The van der Waals surface area contributed by atoms with Gasteiger partial charge in [0.2, 0.25) is 5.91 Å². The molecule has 1 fully saturated rings. The molecule has 1 amide bonds. The highest BCUT2D eigenvalue weighted by Crippen LogP contribution is 2.29. The number of aromatic nitrogens is 2. The van der Waals surface area contributed by atoms with Crippen LogP contribution in [0.25, 0.3) is 0 Å². The van der Waals surface area contributed by atoms with E-state index in [2.05, 4.69) is 10.2 Å². The molecule has 2 heterocycles. The second kappa shape index (κ2) is 4.72. The molecule has 0 aliphatic carbocycles. The lowest BCUT2D eigenvalue weighted by Crippen LogP contribution is -2.38. The first-order valence-electron chi connectivity index (χ1n) is 5.88. The van der Waals surface area contributed by atoms with Gasteiger partial charge >= 0.3 is 0 Å². The van der Waals surface area contributed by atoms with Crippen LogP contribution in [0.2, 0.25) is 0 Å². The number of carbonyl (C=O) groups is 1. The van der Waals surface area contributed by atoms with Gasteiger partial charge in [-0.2, -0.15) is 5.10 Å². The molecular formula is C11H17N3O3S. The number of hydrogen-bond acceptors (Lipinski definition) is 4. The van der Waals surface area contributed by atoms with Gasteiger partial charge in [-0.05, 0) is 12.8 Å². The van der Waals surface area contributed by atoms with Gasteiger partial charge < -0.3 is 4.90 Å². The summed E-state index contributed by atoms with van der Waals surface area (Å²) in [4.78, 5) is 13.4. The predicted molar refractivity (Wildman–Crippen MR) is 65.9 cm³/mol. The predicted octanol–water partition coefficient (Wildman–Crippen LogP) is 0.539. The molecule has 0 spiro atoms. The molecule has 0 radical (unpaired) electrons. The van der Waals surface area contributed by atoms with Gasteiger partial charge in [-0.25, -0.2) is 8.42 Å². The Labute approximate surface area is 106 Å². The summed E-state index contributed by atoms with van der Waals surface area (Å²) in [5, 5.41) is 6.60. The molecule has 6 nitrogen and oxygen atoms in total. The molecule has 1 saturated heterocycles. The van der Waals surface area contributed by atoms with Crippen LogP contribution in [0, 0.1) is 0 Å². The smallest absolute Gasteiger partial charge is 0.219 e. The Morgan fingerprint density at radius 2 is 2.28 bits per heavy atom. The molecule has 0 bridgehead atoms. The Hall–Kier alpha value is -1.37. The lowest BCUT2D eigenvalue weighted by molar-refractivity contribution is -0.130. The van der Waals surface area contributed by atoms with Crippen molar-refractivity contribution >= 4 is 15.7 Å². The van der Waals surface area contributed by atoms with Crippen molar-refractivity contribution in [3.8, 4) is 0 Å². The zero-order valence-corrected chi connectivity index (χ0v) is 11.3. The van der Waals surface area contributed by atoms with E-state index in [1.165, 1.54) is 19.4 Å². The minimum atomic E-state index is -3.27. The highest BCUT2D eigenvalue weighted by molar-refractivity contribution is 7.90. The zero-order valence-electron chi connectivity index (χ0n) is 10.5. The number of H-pyrrole nitrogens is 1. The molecule has 1 unspecified atom stereocenters. The first kappa shape index (κ1) is 13.1. The summed E-state index contributed by atoms with van der Waals surface area (Å²) in [5.41, 5.74) is 0.628. The molecule has 18 heavy (non-hydrogen) atoms. The summed E-state index contributed by atoms with van der Waals surface area (Å²) in [6.07, 6.45) is 4.27. The van der Waals surface area contributed by atoms with Crippen molar-refractivity contribution in [1.82, 2.24) is 15.1 Å². The topological polar surface area (TPSA) is 83.1 Å². The van der Waals surface area contributed by atoms with Gasteiger partial charge in [0.05, 0.1) is 11.9 Å². The Morgan fingerprint density at radius 3 is 2.89 bits per heavy atom.